The predicted molar refractivity (Wildman–Crippen MR) is 120 cm³/mol. The van der Waals surface area contributed by atoms with Crippen LogP contribution < -0.4 is 14.8 Å². The zero-order valence-electron chi connectivity index (χ0n) is 17.8. The first-order valence-corrected chi connectivity index (χ1v) is 11.7. The number of hydrogen-bond acceptors (Lipinski definition) is 6. The second-order valence-corrected chi connectivity index (χ2v) is 9.25. The van der Waals surface area contributed by atoms with Gasteiger partial charge in [-0.15, -0.1) is 0 Å². The molecular formula is C23H22FN3O5S. The van der Waals surface area contributed by atoms with Crippen molar-refractivity contribution in [1.29, 1.82) is 0 Å². The van der Waals surface area contributed by atoms with Crippen molar-refractivity contribution in [1.82, 2.24) is 9.29 Å². The molecule has 0 saturated carbocycles. The molecule has 2 heterocycles. The largest absolute Gasteiger partial charge is 0.497 e. The summed E-state index contributed by atoms with van der Waals surface area (Å²) < 4.78 is 52.1. The molecule has 8 nitrogen and oxygen atoms in total. The highest BCUT2D eigenvalue weighted by Crippen LogP contribution is 2.29. The van der Waals surface area contributed by atoms with E-state index in [4.69, 9.17) is 9.47 Å². The van der Waals surface area contributed by atoms with Gasteiger partial charge in [0.1, 0.15) is 27.9 Å². The highest BCUT2D eigenvalue weighted by atomic mass is 32.2. The first kappa shape index (κ1) is 22.7. The van der Waals surface area contributed by atoms with Crippen LogP contribution in [0, 0.1) is 5.82 Å². The van der Waals surface area contributed by atoms with E-state index in [1.54, 1.807) is 43.5 Å². The fourth-order valence-corrected chi connectivity index (χ4v) is 5.03. The number of anilines is 1. The molecular weight excluding hydrogens is 449 g/mol. The first-order chi connectivity index (χ1) is 15.9. The molecule has 10 heteroatoms. The molecule has 4 rings (SSSR count). The number of pyridine rings is 1. The van der Waals surface area contributed by atoms with Gasteiger partial charge in [-0.05, 0) is 67.4 Å². The number of benzene rings is 2. The zero-order valence-corrected chi connectivity index (χ0v) is 18.6. The molecule has 1 N–H and O–H groups in total. The molecule has 1 saturated heterocycles. The van der Waals surface area contributed by atoms with Crippen LogP contribution in [-0.4, -0.2) is 43.8 Å². The molecule has 1 aromatic heterocycles. The summed E-state index contributed by atoms with van der Waals surface area (Å²) in [6, 6.07) is 13.3. The van der Waals surface area contributed by atoms with Gasteiger partial charge in [-0.3, -0.25) is 4.79 Å². The Bertz CT molecular complexity index is 1260. The van der Waals surface area contributed by atoms with E-state index >= 15 is 0 Å². The Kier molecular flexibility index (Phi) is 6.57. The average Bonchev–Trinajstić information content (AvgIpc) is 3.37. The molecule has 0 aliphatic carbocycles. The summed E-state index contributed by atoms with van der Waals surface area (Å²) >= 11 is 0. The van der Waals surface area contributed by atoms with Crippen LogP contribution in [0.2, 0.25) is 0 Å². The van der Waals surface area contributed by atoms with Gasteiger partial charge in [0.25, 0.3) is 5.91 Å². The van der Waals surface area contributed by atoms with E-state index < -0.39 is 26.6 Å². The molecule has 1 aliphatic heterocycles. The van der Waals surface area contributed by atoms with Crippen LogP contribution in [-0.2, 0) is 10.0 Å². The van der Waals surface area contributed by atoms with Crippen LogP contribution in [0.15, 0.2) is 65.7 Å². The summed E-state index contributed by atoms with van der Waals surface area (Å²) in [6.45, 7) is 0.667. The van der Waals surface area contributed by atoms with Gasteiger partial charge in [-0.1, -0.05) is 0 Å². The summed E-state index contributed by atoms with van der Waals surface area (Å²) in [6.07, 6.45) is 2.95. The first-order valence-electron chi connectivity index (χ1n) is 10.3. The number of rotatable bonds is 7. The number of halogens is 1. The van der Waals surface area contributed by atoms with E-state index in [1.807, 2.05) is 0 Å². The number of methoxy groups -OCH3 is 1. The van der Waals surface area contributed by atoms with Crippen molar-refractivity contribution >= 4 is 21.6 Å². The minimum absolute atomic E-state index is 0.00609. The zero-order chi connectivity index (χ0) is 23.4. The molecule has 0 radical (unpaired) electrons. The molecule has 1 amide bonds. The van der Waals surface area contributed by atoms with Crippen LogP contribution in [0.25, 0.3) is 0 Å². The van der Waals surface area contributed by atoms with Gasteiger partial charge < -0.3 is 14.8 Å². The fraction of sp³-hybridized carbons (Fsp3) is 0.217. The Labute approximate surface area is 191 Å². The lowest BCUT2D eigenvalue weighted by Crippen LogP contribution is -2.29. The van der Waals surface area contributed by atoms with Crippen molar-refractivity contribution in [2.75, 3.05) is 25.5 Å². The summed E-state index contributed by atoms with van der Waals surface area (Å²) in [7, 11) is -2.47. The quantitative estimate of drug-likeness (QED) is 0.558. The third-order valence-electron chi connectivity index (χ3n) is 5.17. The third-order valence-corrected chi connectivity index (χ3v) is 7.08. The molecule has 0 spiro atoms. The number of nitrogens with zero attached hydrogens (tertiary/aromatic N) is 2. The fourth-order valence-electron chi connectivity index (χ4n) is 3.43. The summed E-state index contributed by atoms with van der Waals surface area (Å²) in [4.78, 5) is 16.5. The minimum Gasteiger partial charge on any atom is -0.497 e. The lowest BCUT2D eigenvalue weighted by molar-refractivity contribution is 0.102. The molecule has 0 bridgehead atoms. The predicted octanol–water partition coefficient (Wildman–Crippen LogP) is 4.06. The van der Waals surface area contributed by atoms with Crippen molar-refractivity contribution in [3.63, 3.8) is 0 Å². The summed E-state index contributed by atoms with van der Waals surface area (Å²) in [5.74, 6) is -0.245. The monoisotopic (exact) mass is 471 g/mol. The SMILES string of the molecule is COc1ccc(Oc2ncccc2NC(=O)c2ccc(F)c(S(=O)(=O)N3CCCC3)c2)cc1. The molecule has 1 fully saturated rings. The average molecular weight is 472 g/mol. The van der Waals surface area contributed by atoms with Crippen molar-refractivity contribution in [2.24, 2.45) is 0 Å². The molecule has 2 aromatic carbocycles. The Morgan fingerprint density at radius 3 is 2.45 bits per heavy atom. The van der Waals surface area contributed by atoms with E-state index in [1.165, 1.54) is 16.6 Å². The van der Waals surface area contributed by atoms with E-state index in [0.29, 0.717) is 24.6 Å². The van der Waals surface area contributed by atoms with Crippen LogP contribution in [0.4, 0.5) is 10.1 Å². The number of sulfonamides is 1. The van der Waals surface area contributed by atoms with Gasteiger partial charge in [0.05, 0.1) is 7.11 Å². The van der Waals surface area contributed by atoms with E-state index in [2.05, 4.69) is 10.3 Å². The van der Waals surface area contributed by atoms with Gasteiger partial charge in [-0.25, -0.2) is 17.8 Å². The van der Waals surface area contributed by atoms with Crippen LogP contribution in [0.3, 0.4) is 0 Å². The van der Waals surface area contributed by atoms with Gasteiger partial charge >= 0.3 is 0 Å². The lowest BCUT2D eigenvalue weighted by Gasteiger charge is -2.17. The van der Waals surface area contributed by atoms with Crippen LogP contribution >= 0.6 is 0 Å². The maximum absolute atomic E-state index is 14.4. The molecule has 0 atom stereocenters. The molecule has 33 heavy (non-hydrogen) atoms. The second kappa shape index (κ2) is 9.55. The molecule has 1 aliphatic rings. The van der Waals surface area contributed by atoms with E-state index in [0.717, 1.165) is 25.0 Å². The number of carbonyl (C=O) groups excluding carboxylic acids is 1. The van der Waals surface area contributed by atoms with Crippen molar-refractivity contribution in [2.45, 2.75) is 17.7 Å². The van der Waals surface area contributed by atoms with Crippen molar-refractivity contribution in [3.05, 3.63) is 72.2 Å². The molecule has 172 valence electrons. The van der Waals surface area contributed by atoms with Gasteiger partial charge in [0.15, 0.2) is 0 Å². The molecule has 0 unspecified atom stereocenters. The van der Waals surface area contributed by atoms with Gasteiger partial charge in [0.2, 0.25) is 15.9 Å². The highest BCUT2D eigenvalue weighted by Gasteiger charge is 2.30. The van der Waals surface area contributed by atoms with Crippen molar-refractivity contribution < 1.29 is 27.1 Å². The highest BCUT2D eigenvalue weighted by molar-refractivity contribution is 7.89. The number of amides is 1. The van der Waals surface area contributed by atoms with Crippen molar-refractivity contribution in [3.8, 4) is 17.4 Å². The Hall–Kier alpha value is -3.50. The van der Waals surface area contributed by atoms with E-state index in [9.17, 15) is 17.6 Å². The normalized spacial score (nSPS) is 14.1. The Morgan fingerprint density at radius 1 is 1.06 bits per heavy atom. The smallest absolute Gasteiger partial charge is 0.255 e. The second-order valence-electron chi connectivity index (χ2n) is 7.34. The molecule has 3 aromatic rings. The maximum atomic E-state index is 14.4. The number of hydrogen-bond donors (Lipinski definition) is 1. The lowest BCUT2D eigenvalue weighted by atomic mass is 10.2. The summed E-state index contributed by atoms with van der Waals surface area (Å²) in [5.41, 5.74) is 0.264. The number of ether oxygens (including phenoxy) is 2. The van der Waals surface area contributed by atoms with Crippen LogP contribution in [0.5, 0.6) is 17.4 Å². The number of aromatic nitrogens is 1. The van der Waals surface area contributed by atoms with Gasteiger partial charge in [0, 0.05) is 24.8 Å². The van der Waals surface area contributed by atoms with Gasteiger partial charge in [-0.2, -0.15) is 4.31 Å². The standard InChI is InChI=1S/C23H22FN3O5S/c1-31-17-7-9-18(10-8-17)32-23-20(5-4-12-25-23)26-22(28)16-6-11-19(24)21(15-16)33(29,30)27-13-2-3-14-27/h4-12,15H,2-3,13-14H2,1H3,(H,26,28). The van der Waals surface area contributed by atoms with Crippen LogP contribution in [0.1, 0.15) is 23.2 Å². The number of nitrogens with one attached hydrogen (secondary N) is 1. The minimum atomic E-state index is -4.02. The number of carbonyl (C=O) groups is 1. The topological polar surface area (TPSA) is 97.8 Å². The summed E-state index contributed by atoms with van der Waals surface area (Å²) in [5, 5.41) is 2.66. The maximum Gasteiger partial charge on any atom is 0.255 e. The Balaban J connectivity index is 1.56. The van der Waals surface area contributed by atoms with E-state index in [-0.39, 0.29) is 17.1 Å². The third kappa shape index (κ3) is 4.96. The Morgan fingerprint density at radius 2 is 1.76 bits per heavy atom.